The minimum absolute atomic E-state index is 0.0329. The molecule has 4 heteroatoms. The number of nitrogens with zero attached hydrogens (tertiary/aromatic N) is 1. The zero-order chi connectivity index (χ0) is 16.1. The Bertz CT molecular complexity index is 575. The van der Waals surface area contributed by atoms with Crippen LogP contribution in [0, 0.1) is 17.8 Å². The standard InChI is InChI=1S/C18H23NO3/c1-12(2)16-8-7-13(3)9-17(16)22-18(21)14-5-4-6-15(10-14)19-11-20/h4-6,10,12-13,16-17H,7-9H2,1-3H3. The van der Waals surface area contributed by atoms with E-state index in [4.69, 9.17) is 4.74 Å². The molecule has 0 aromatic heterocycles. The molecule has 118 valence electrons. The van der Waals surface area contributed by atoms with Gasteiger partial charge >= 0.3 is 5.97 Å². The van der Waals surface area contributed by atoms with E-state index >= 15 is 0 Å². The number of ether oxygens (including phenoxy) is 1. The fourth-order valence-electron chi connectivity index (χ4n) is 3.21. The highest BCUT2D eigenvalue weighted by atomic mass is 16.5. The van der Waals surface area contributed by atoms with Crippen LogP contribution in [-0.2, 0) is 9.53 Å². The fraction of sp³-hybridized carbons (Fsp3) is 0.556. The number of carbonyl (C=O) groups excluding carboxylic acids is 2. The molecule has 0 aliphatic heterocycles. The molecule has 1 aliphatic rings. The largest absolute Gasteiger partial charge is 0.458 e. The summed E-state index contributed by atoms with van der Waals surface area (Å²) in [6.07, 6.45) is 4.67. The number of hydrogen-bond donors (Lipinski definition) is 0. The molecule has 0 radical (unpaired) electrons. The van der Waals surface area contributed by atoms with Crippen LogP contribution in [0.1, 0.15) is 50.4 Å². The van der Waals surface area contributed by atoms with Gasteiger partial charge in [-0.1, -0.05) is 33.3 Å². The zero-order valence-corrected chi connectivity index (χ0v) is 13.4. The van der Waals surface area contributed by atoms with Crippen LogP contribution in [0.15, 0.2) is 29.3 Å². The minimum atomic E-state index is -0.340. The van der Waals surface area contributed by atoms with Crippen molar-refractivity contribution in [2.75, 3.05) is 0 Å². The minimum Gasteiger partial charge on any atom is -0.458 e. The molecule has 0 saturated heterocycles. The summed E-state index contributed by atoms with van der Waals surface area (Å²) >= 11 is 0. The molecule has 22 heavy (non-hydrogen) atoms. The van der Waals surface area contributed by atoms with Gasteiger partial charge in [-0.3, -0.25) is 0 Å². The van der Waals surface area contributed by atoms with E-state index in [2.05, 4.69) is 25.8 Å². The average Bonchev–Trinajstić information content (AvgIpc) is 2.47. The van der Waals surface area contributed by atoms with Gasteiger partial charge in [-0.2, -0.15) is 4.99 Å². The number of isocyanates is 1. The predicted molar refractivity (Wildman–Crippen MR) is 84.8 cm³/mol. The summed E-state index contributed by atoms with van der Waals surface area (Å²) in [6, 6.07) is 6.59. The molecular weight excluding hydrogens is 278 g/mol. The van der Waals surface area contributed by atoms with E-state index < -0.39 is 0 Å². The lowest BCUT2D eigenvalue weighted by atomic mass is 9.75. The van der Waals surface area contributed by atoms with Crippen LogP contribution in [0.4, 0.5) is 5.69 Å². The third-order valence-electron chi connectivity index (χ3n) is 4.48. The lowest BCUT2D eigenvalue weighted by molar-refractivity contribution is -0.0174. The van der Waals surface area contributed by atoms with Crippen molar-refractivity contribution >= 4 is 17.7 Å². The zero-order valence-electron chi connectivity index (χ0n) is 13.4. The molecule has 4 nitrogen and oxygen atoms in total. The number of carbonyl (C=O) groups is 1. The summed E-state index contributed by atoms with van der Waals surface area (Å²) in [6.45, 7) is 6.57. The van der Waals surface area contributed by atoms with Gasteiger partial charge in [0.25, 0.3) is 0 Å². The third kappa shape index (κ3) is 4.05. The Balaban J connectivity index is 2.12. The lowest BCUT2D eigenvalue weighted by Crippen LogP contribution is -2.35. The Hall–Kier alpha value is -1.93. The van der Waals surface area contributed by atoms with E-state index in [1.165, 1.54) is 12.5 Å². The van der Waals surface area contributed by atoms with Crippen molar-refractivity contribution in [2.45, 2.75) is 46.1 Å². The second kappa shape index (κ2) is 7.37. The van der Waals surface area contributed by atoms with Crippen molar-refractivity contribution in [1.29, 1.82) is 0 Å². The van der Waals surface area contributed by atoms with E-state index in [1.54, 1.807) is 24.3 Å². The van der Waals surface area contributed by atoms with Crippen molar-refractivity contribution in [3.63, 3.8) is 0 Å². The molecule has 3 atom stereocenters. The highest BCUT2D eigenvalue weighted by Crippen LogP contribution is 2.35. The van der Waals surface area contributed by atoms with Crippen LogP contribution >= 0.6 is 0 Å². The third-order valence-corrected chi connectivity index (χ3v) is 4.48. The fourth-order valence-corrected chi connectivity index (χ4v) is 3.21. The first-order valence-corrected chi connectivity index (χ1v) is 7.90. The van der Waals surface area contributed by atoms with Crippen molar-refractivity contribution < 1.29 is 14.3 Å². The summed E-state index contributed by atoms with van der Waals surface area (Å²) in [7, 11) is 0. The first kappa shape index (κ1) is 16.4. The van der Waals surface area contributed by atoms with E-state index in [-0.39, 0.29) is 12.1 Å². The van der Waals surface area contributed by atoms with E-state index in [9.17, 15) is 9.59 Å². The quantitative estimate of drug-likeness (QED) is 0.474. The van der Waals surface area contributed by atoms with Gasteiger partial charge in [0, 0.05) is 0 Å². The Kier molecular flexibility index (Phi) is 5.51. The number of esters is 1. The van der Waals surface area contributed by atoms with E-state index in [0.29, 0.717) is 29.0 Å². The molecule has 1 saturated carbocycles. The predicted octanol–water partition coefficient (Wildman–Crippen LogP) is 4.27. The molecule has 3 unspecified atom stereocenters. The maximum Gasteiger partial charge on any atom is 0.338 e. The molecular formula is C18H23NO3. The van der Waals surface area contributed by atoms with Crippen LogP contribution in [0.5, 0.6) is 0 Å². The summed E-state index contributed by atoms with van der Waals surface area (Å²) < 4.78 is 5.78. The van der Waals surface area contributed by atoms with Gasteiger partial charge in [0.15, 0.2) is 0 Å². The first-order valence-electron chi connectivity index (χ1n) is 7.90. The molecule has 0 N–H and O–H groups in total. The van der Waals surface area contributed by atoms with Crippen LogP contribution < -0.4 is 0 Å². The maximum atomic E-state index is 12.4. The Labute approximate surface area is 131 Å². The smallest absolute Gasteiger partial charge is 0.338 e. The summed E-state index contributed by atoms with van der Waals surface area (Å²) in [5.74, 6) is 1.15. The van der Waals surface area contributed by atoms with Crippen LogP contribution in [0.25, 0.3) is 0 Å². The van der Waals surface area contributed by atoms with Crippen molar-refractivity contribution in [2.24, 2.45) is 22.7 Å². The second-order valence-electron chi connectivity index (χ2n) is 6.52. The van der Waals surface area contributed by atoms with Gasteiger partial charge in [-0.15, -0.1) is 0 Å². The van der Waals surface area contributed by atoms with Crippen molar-refractivity contribution in [3.05, 3.63) is 29.8 Å². The molecule has 0 heterocycles. The highest BCUT2D eigenvalue weighted by Gasteiger charge is 2.33. The number of hydrogen-bond acceptors (Lipinski definition) is 4. The van der Waals surface area contributed by atoms with Crippen LogP contribution in [0.2, 0.25) is 0 Å². The summed E-state index contributed by atoms with van der Waals surface area (Å²) in [4.78, 5) is 26.2. The van der Waals surface area contributed by atoms with Gasteiger partial charge in [0.05, 0.1) is 11.3 Å². The molecule has 0 spiro atoms. The van der Waals surface area contributed by atoms with E-state index in [0.717, 1.165) is 12.8 Å². The summed E-state index contributed by atoms with van der Waals surface area (Å²) in [5.41, 5.74) is 0.846. The molecule has 0 bridgehead atoms. The normalized spacial score (nSPS) is 24.6. The van der Waals surface area contributed by atoms with Crippen molar-refractivity contribution in [1.82, 2.24) is 0 Å². The van der Waals surface area contributed by atoms with Crippen molar-refractivity contribution in [3.8, 4) is 0 Å². The van der Waals surface area contributed by atoms with Gasteiger partial charge in [0.1, 0.15) is 6.10 Å². The Morgan fingerprint density at radius 1 is 1.36 bits per heavy atom. The Morgan fingerprint density at radius 2 is 2.14 bits per heavy atom. The highest BCUT2D eigenvalue weighted by molar-refractivity contribution is 5.90. The van der Waals surface area contributed by atoms with Gasteiger partial charge in [-0.05, 0) is 48.8 Å². The number of aliphatic imine (C=N–C) groups is 1. The van der Waals surface area contributed by atoms with Gasteiger partial charge < -0.3 is 4.74 Å². The van der Waals surface area contributed by atoms with Gasteiger partial charge in [0.2, 0.25) is 6.08 Å². The number of benzene rings is 1. The topological polar surface area (TPSA) is 55.7 Å². The maximum absolute atomic E-state index is 12.4. The van der Waals surface area contributed by atoms with Crippen LogP contribution in [-0.4, -0.2) is 18.2 Å². The molecule has 1 aliphatic carbocycles. The SMILES string of the molecule is CC1CCC(C(C)C)C(OC(=O)c2cccc(N=C=O)c2)C1. The molecule has 1 aromatic carbocycles. The summed E-state index contributed by atoms with van der Waals surface area (Å²) in [5, 5.41) is 0. The molecule has 1 aromatic rings. The van der Waals surface area contributed by atoms with Crippen LogP contribution in [0.3, 0.4) is 0 Å². The second-order valence-corrected chi connectivity index (χ2v) is 6.52. The van der Waals surface area contributed by atoms with Gasteiger partial charge in [-0.25, -0.2) is 9.59 Å². The molecule has 2 rings (SSSR count). The Morgan fingerprint density at radius 3 is 2.82 bits per heavy atom. The molecule has 0 amide bonds. The first-order chi connectivity index (χ1) is 10.5. The monoisotopic (exact) mass is 301 g/mol. The van der Waals surface area contributed by atoms with E-state index in [1.807, 2.05) is 0 Å². The number of rotatable bonds is 4. The average molecular weight is 301 g/mol. The lowest BCUT2D eigenvalue weighted by Gasteiger charge is -2.36. The molecule has 1 fully saturated rings.